The maximum atomic E-state index is 5.82. The first kappa shape index (κ1) is 14.0. The summed E-state index contributed by atoms with van der Waals surface area (Å²) in [6.07, 6.45) is 1.17. The largest absolute Gasteiger partial charge is 0.357 e. The van der Waals surface area contributed by atoms with Crippen LogP contribution >= 0.6 is 0 Å². The molecule has 0 aliphatic carbocycles. The lowest BCUT2D eigenvalue weighted by atomic mass is 10.0. The number of rotatable bonds is 5. The second-order valence-electron chi connectivity index (χ2n) is 5.30. The highest BCUT2D eigenvalue weighted by Crippen LogP contribution is 2.25. The summed E-state index contributed by atoms with van der Waals surface area (Å²) in [6.45, 7) is 9.33. The van der Waals surface area contributed by atoms with Gasteiger partial charge in [-0.15, -0.1) is 0 Å². The van der Waals surface area contributed by atoms with Gasteiger partial charge in [0, 0.05) is 32.2 Å². The van der Waals surface area contributed by atoms with Crippen molar-refractivity contribution >= 4 is 5.82 Å². The van der Waals surface area contributed by atoms with Crippen LogP contribution in [0.25, 0.3) is 0 Å². The van der Waals surface area contributed by atoms with Crippen LogP contribution in [0.4, 0.5) is 5.82 Å². The molecule has 0 aliphatic heterocycles. The van der Waals surface area contributed by atoms with Gasteiger partial charge in [-0.1, -0.05) is 13.8 Å². The Morgan fingerprint density at radius 3 is 2.41 bits per heavy atom. The first-order chi connectivity index (χ1) is 7.88. The highest BCUT2D eigenvalue weighted by atomic mass is 15.4. The molecule has 0 aromatic carbocycles. The van der Waals surface area contributed by atoms with Gasteiger partial charge in [0.2, 0.25) is 0 Å². The number of aromatic nitrogens is 2. The van der Waals surface area contributed by atoms with Gasteiger partial charge in [-0.2, -0.15) is 5.10 Å². The summed E-state index contributed by atoms with van der Waals surface area (Å²) in [5.74, 6) is 1.85. The Bertz CT molecular complexity index is 368. The molecule has 1 heterocycles. The smallest absolute Gasteiger partial charge is 0.131 e. The van der Waals surface area contributed by atoms with Gasteiger partial charge in [0.1, 0.15) is 5.82 Å². The molecule has 98 valence electrons. The molecule has 1 atom stereocenters. The third-order valence-electron chi connectivity index (χ3n) is 3.33. The van der Waals surface area contributed by atoms with Crippen LogP contribution in [0, 0.1) is 12.8 Å². The number of nitrogens with zero attached hydrogens (tertiary/aromatic N) is 3. The molecular formula is C13H26N4. The molecule has 1 aromatic rings. The first-order valence-electron chi connectivity index (χ1n) is 6.33. The SMILES string of the molecule is Cc1nn(C)c(N(C)C(C)CC(C)C)c1CN. The summed E-state index contributed by atoms with van der Waals surface area (Å²) < 4.78 is 1.94. The molecule has 0 radical (unpaired) electrons. The van der Waals surface area contributed by atoms with Crippen molar-refractivity contribution in [3.05, 3.63) is 11.3 Å². The van der Waals surface area contributed by atoms with E-state index in [1.807, 2.05) is 18.7 Å². The molecular weight excluding hydrogens is 212 g/mol. The molecule has 1 aromatic heterocycles. The Kier molecular flexibility index (Phi) is 4.57. The Balaban J connectivity index is 2.98. The Morgan fingerprint density at radius 1 is 1.35 bits per heavy atom. The van der Waals surface area contributed by atoms with Gasteiger partial charge in [0.05, 0.1) is 5.69 Å². The molecule has 1 rings (SSSR count). The molecule has 0 aliphatic rings. The van der Waals surface area contributed by atoms with Gasteiger partial charge in [-0.05, 0) is 26.2 Å². The fraction of sp³-hybridized carbons (Fsp3) is 0.769. The fourth-order valence-electron chi connectivity index (χ4n) is 2.42. The molecule has 0 spiro atoms. The summed E-state index contributed by atoms with van der Waals surface area (Å²) >= 11 is 0. The van der Waals surface area contributed by atoms with E-state index in [2.05, 4.69) is 37.8 Å². The van der Waals surface area contributed by atoms with Crippen LogP contribution in [0.3, 0.4) is 0 Å². The zero-order valence-corrected chi connectivity index (χ0v) is 12.0. The molecule has 0 amide bonds. The molecule has 0 saturated carbocycles. The molecule has 4 heteroatoms. The van der Waals surface area contributed by atoms with Gasteiger partial charge in [-0.3, -0.25) is 4.68 Å². The van der Waals surface area contributed by atoms with E-state index in [1.54, 1.807) is 0 Å². The van der Waals surface area contributed by atoms with Crippen LogP contribution in [0.2, 0.25) is 0 Å². The van der Waals surface area contributed by atoms with Crippen LogP contribution in [0.1, 0.15) is 38.4 Å². The van der Waals surface area contributed by atoms with Gasteiger partial charge in [0.25, 0.3) is 0 Å². The first-order valence-corrected chi connectivity index (χ1v) is 6.33. The van der Waals surface area contributed by atoms with E-state index in [9.17, 15) is 0 Å². The summed E-state index contributed by atoms with van der Waals surface area (Å²) in [5, 5.41) is 4.46. The average molecular weight is 238 g/mol. The summed E-state index contributed by atoms with van der Waals surface area (Å²) in [6, 6.07) is 0.495. The van der Waals surface area contributed by atoms with Crippen LogP contribution in [0.5, 0.6) is 0 Å². The maximum Gasteiger partial charge on any atom is 0.131 e. The summed E-state index contributed by atoms with van der Waals surface area (Å²) in [4.78, 5) is 2.29. The molecule has 0 saturated heterocycles. The van der Waals surface area contributed by atoms with Crippen molar-refractivity contribution in [3.8, 4) is 0 Å². The normalized spacial score (nSPS) is 13.2. The standard InChI is InChI=1S/C13H26N4/c1-9(2)7-10(3)16(5)13-12(8-14)11(4)15-17(13)6/h9-10H,7-8,14H2,1-6H3. The van der Waals surface area contributed by atoms with E-state index in [4.69, 9.17) is 5.73 Å². The van der Waals surface area contributed by atoms with Crippen LogP contribution in [-0.4, -0.2) is 22.9 Å². The number of aryl methyl sites for hydroxylation is 2. The van der Waals surface area contributed by atoms with Gasteiger partial charge in [0.15, 0.2) is 0 Å². The lowest BCUT2D eigenvalue weighted by Gasteiger charge is -2.29. The van der Waals surface area contributed by atoms with Gasteiger partial charge < -0.3 is 10.6 Å². The Labute approximate surface area is 105 Å². The number of hydrogen-bond acceptors (Lipinski definition) is 3. The predicted molar refractivity (Wildman–Crippen MR) is 73.2 cm³/mol. The molecule has 17 heavy (non-hydrogen) atoms. The van der Waals surface area contributed by atoms with Crippen molar-refractivity contribution in [2.24, 2.45) is 18.7 Å². The van der Waals surface area contributed by atoms with E-state index in [0.29, 0.717) is 18.5 Å². The average Bonchev–Trinajstić information content (AvgIpc) is 2.50. The van der Waals surface area contributed by atoms with Crippen molar-refractivity contribution in [3.63, 3.8) is 0 Å². The third-order valence-corrected chi connectivity index (χ3v) is 3.33. The number of nitrogens with two attached hydrogens (primary N) is 1. The highest BCUT2D eigenvalue weighted by Gasteiger charge is 2.20. The Morgan fingerprint density at radius 2 is 1.94 bits per heavy atom. The molecule has 2 N–H and O–H groups in total. The summed E-state index contributed by atoms with van der Waals surface area (Å²) in [7, 11) is 4.11. The van der Waals surface area contributed by atoms with Gasteiger partial charge in [-0.25, -0.2) is 0 Å². The zero-order valence-electron chi connectivity index (χ0n) is 12.0. The second-order valence-corrected chi connectivity index (χ2v) is 5.30. The number of anilines is 1. The lowest BCUT2D eigenvalue weighted by molar-refractivity contribution is 0.496. The van der Waals surface area contributed by atoms with E-state index in [1.165, 1.54) is 6.42 Å². The molecule has 1 unspecified atom stereocenters. The van der Waals surface area contributed by atoms with Gasteiger partial charge >= 0.3 is 0 Å². The molecule has 4 nitrogen and oxygen atoms in total. The van der Waals surface area contributed by atoms with Crippen LogP contribution in [-0.2, 0) is 13.6 Å². The number of hydrogen-bond donors (Lipinski definition) is 1. The molecule has 0 bridgehead atoms. The van der Waals surface area contributed by atoms with E-state index >= 15 is 0 Å². The minimum absolute atomic E-state index is 0.495. The minimum atomic E-state index is 0.495. The van der Waals surface area contributed by atoms with E-state index in [0.717, 1.165) is 17.1 Å². The second kappa shape index (κ2) is 5.54. The van der Waals surface area contributed by atoms with Crippen LogP contribution in [0.15, 0.2) is 0 Å². The van der Waals surface area contributed by atoms with Crippen molar-refractivity contribution in [1.82, 2.24) is 9.78 Å². The predicted octanol–water partition coefficient (Wildman–Crippen LogP) is 2.06. The topological polar surface area (TPSA) is 47.1 Å². The van der Waals surface area contributed by atoms with Crippen molar-refractivity contribution < 1.29 is 0 Å². The van der Waals surface area contributed by atoms with E-state index < -0.39 is 0 Å². The van der Waals surface area contributed by atoms with Crippen molar-refractivity contribution in [1.29, 1.82) is 0 Å². The summed E-state index contributed by atoms with van der Waals surface area (Å²) in [5.41, 5.74) is 8.02. The van der Waals surface area contributed by atoms with E-state index in [-0.39, 0.29) is 0 Å². The monoisotopic (exact) mass is 238 g/mol. The maximum absolute atomic E-state index is 5.82. The quantitative estimate of drug-likeness (QED) is 0.854. The van der Waals surface area contributed by atoms with Crippen LogP contribution < -0.4 is 10.6 Å². The zero-order chi connectivity index (χ0) is 13.2. The third kappa shape index (κ3) is 3.00. The minimum Gasteiger partial charge on any atom is -0.357 e. The molecule has 0 fully saturated rings. The fourth-order valence-corrected chi connectivity index (χ4v) is 2.42. The Hall–Kier alpha value is -1.03. The van der Waals surface area contributed by atoms with Crippen molar-refractivity contribution in [2.45, 2.75) is 46.7 Å². The highest BCUT2D eigenvalue weighted by molar-refractivity contribution is 5.50. The van der Waals surface area contributed by atoms with Crippen molar-refractivity contribution in [2.75, 3.05) is 11.9 Å². The lowest BCUT2D eigenvalue weighted by Crippen LogP contribution is -2.32.